The molecule has 0 spiro atoms. The second kappa shape index (κ2) is 7.95. The Morgan fingerprint density at radius 1 is 1.29 bits per heavy atom. The maximum atomic E-state index is 10.2. The van der Waals surface area contributed by atoms with E-state index < -0.39 is 6.10 Å². The number of nitrogens with zero attached hydrogens (tertiary/aromatic N) is 3. The van der Waals surface area contributed by atoms with E-state index in [0.717, 1.165) is 25.9 Å². The van der Waals surface area contributed by atoms with Gasteiger partial charge in [0.05, 0.1) is 11.6 Å². The number of aromatic nitrogens is 2. The highest BCUT2D eigenvalue weighted by Crippen LogP contribution is 2.26. The van der Waals surface area contributed by atoms with Gasteiger partial charge in [-0.3, -0.25) is 5.10 Å². The Bertz CT molecular complexity index is 655. The number of aliphatic hydroxyl groups excluding tert-OH is 1. The Morgan fingerprint density at radius 3 is 2.67 bits per heavy atom. The Balaban J connectivity index is 1.39. The van der Waals surface area contributed by atoms with Crippen molar-refractivity contribution in [2.75, 3.05) is 26.2 Å². The van der Waals surface area contributed by atoms with Gasteiger partial charge < -0.3 is 14.7 Å². The molecule has 0 saturated carbocycles. The lowest BCUT2D eigenvalue weighted by molar-refractivity contribution is 0.0592. The van der Waals surface area contributed by atoms with E-state index in [1.807, 2.05) is 6.07 Å². The summed E-state index contributed by atoms with van der Waals surface area (Å²) in [6.07, 6.45) is 3.42. The molecule has 1 atom stereocenters. The maximum Gasteiger partial charge on any atom is 0.119 e. The van der Waals surface area contributed by atoms with Gasteiger partial charge in [-0.1, -0.05) is 0 Å². The number of rotatable bonds is 6. The van der Waals surface area contributed by atoms with E-state index in [2.05, 4.69) is 21.2 Å². The molecule has 1 aliphatic heterocycles. The van der Waals surface area contributed by atoms with Crippen molar-refractivity contribution in [1.29, 1.82) is 5.26 Å². The van der Waals surface area contributed by atoms with Gasteiger partial charge in [-0.25, -0.2) is 0 Å². The second-order valence-corrected chi connectivity index (χ2v) is 6.19. The molecule has 0 aliphatic carbocycles. The van der Waals surface area contributed by atoms with E-state index in [4.69, 9.17) is 10.00 Å². The number of benzene rings is 1. The van der Waals surface area contributed by atoms with E-state index >= 15 is 0 Å². The Kier molecular flexibility index (Phi) is 5.47. The van der Waals surface area contributed by atoms with Crippen molar-refractivity contribution in [2.24, 2.45) is 0 Å². The predicted octanol–water partition coefficient (Wildman–Crippen LogP) is 1.90. The molecule has 0 amide bonds. The molecular formula is C18H22N4O2. The highest BCUT2D eigenvalue weighted by atomic mass is 16.5. The van der Waals surface area contributed by atoms with Gasteiger partial charge in [0.2, 0.25) is 0 Å². The lowest BCUT2D eigenvalue weighted by atomic mass is 9.93. The third-order valence-electron chi connectivity index (χ3n) is 4.44. The highest BCUT2D eigenvalue weighted by Gasteiger charge is 2.23. The van der Waals surface area contributed by atoms with Gasteiger partial charge in [-0.2, -0.15) is 10.4 Å². The van der Waals surface area contributed by atoms with Crippen molar-refractivity contribution >= 4 is 0 Å². The fourth-order valence-corrected chi connectivity index (χ4v) is 3.09. The first-order valence-electron chi connectivity index (χ1n) is 8.27. The minimum Gasteiger partial charge on any atom is -0.491 e. The number of H-pyrrole nitrogens is 1. The lowest BCUT2D eigenvalue weighted by Crippen LogP contribution is -2.40. The normalized spacial score (nSPS) is 17.3. The molecule has 6 heteroatoms. The van der Waals surface area contributed by atoms with Gasteiger partial charge in [0, 0.05) is 24.4 Å². The van der Waals surface area contributed by atoms with Crippen LogP contribution in [0.15, 0.2) is 36.5 Å². The van der Waals surface area contributed by atoms with Crippen molar-refractivity contribution < 1.29 is 9.84 Å². The number of β-amino-alcohol motifs (C(OH)–C–C–N with tert-alkyl or cyclic N) is 1. The van der Waals surface area contributed by atoms with Gasteiger partial charge >= 0.3 is 0 Å². The van der Waals surface area contributed by atoms with E-state index in [1.54, 1.807) is 30.5 Å². The molecule has 1 saturated heterocycles. The van der Waals surface area contributed by atoms with Crippen molar-refractivity contribution in [2.45, 2.75) is 24.9 Å². The first-order chi connectivity index (χ1) is 11.7. The van der Waals surface area contributed by atoms with Crippen LogP contribution in [0.3, 0.4) is 0 Å². The highest BCUT2D eigenvalue weighted by molar-refractivity contribution is 5.34. The monoisotopic (exact) mass is 326 g/mol. The molecule has 0 unspecified atom stereocenters. The number of aliphatic hydroxyl groups is 1. The number of ether oxygens (including phenoxy) is 1. The molecule has 1 fully saturated rings. The summed E-state index contributed by atoms with van der Waals surface area (Å²) in [4.78, 5) is 2.28. The van der Waals surface area contributed by atoms with Crippen LogP contribution in [0.5, 0.6) is 5.75 Å². The number of nitriles is 1. The van der Waals surface area contributed by atoms with E-state index in [-0.39, 0.29) is 6.61 Å². The van der Waals surface area contributed by atoms with Crippen molar-refractivity contribution in [1.82, 2.24) is 15.1 Å². The average molecular weight is 326 g/mol. The van der Waals surface area contributed by atoms with Gasteiger partial charge in [0.25, 0.3) is 0 Å². The summed E-state index contributed by atoms with van der Waals surface area (Å²) >= 11 is 0. The summed E-state index contributed by atoms with van der Waals surface area (Å²) in [5.74, 6) is 1.21. The maximum absolute atomic E-state index is 10.2. The number of piperidine rings is 1. The zero-order valence-electron chi connectivity index (χ0n) is 13.6. The summed E-state index contributed by atoms with van der Waals surface area (Å²) in [5.41, 5.74) is 1.81. The Morgan fingerprint density at radius 2 is 2.04 bits per heavy atom. The molecule has 126 valence electrons. The van der Waals surface area contributed by atoms with Gasteiger partial charge in [-0.15, -0.1) is 0 Å². The van der Waals surface area contributed by atoms with Crippen LogP contribution in [0, 0.1) is 11.3 Å². The molecule has 24 heavy (non-hydrogen) atoms. The summed E-state index contributed by atoms with van der Waals surface area (Å²) in [6.45, 7) is 2.81. The Labute approximate surface area is 141 Å². The molecular weight excluding hydrogens is 304 g/mol. The molecule has 2 aromatic rings. The van der Waals surface area contributed by atoms with Gasteiger partial charge in [0.15, 0.2) is 0 Å². The number of hydrogen-bond acceptors (Lipinski definition) is 5. The van der Waals surface area contributed by atoms with Crippen LogP contribution in [0.2, 0.25) is 0 Å². The van der Waals surface area contributed by atoms with Crippen LogP contribution in [0.25, 0.3) is 0 Å². The average Bonchev–Trinajstić information content (AvgIpc) is 3.16. The predicted molar refractivity (Wildman–Crippen MR) is 89.7 cm³/mol. The SMILES string of the molecule is N#Cc1ccc(OC[C@H](O)CN2CCC(c3ccn[nH]3)CC2)cc1. The fraction of sp³-hybridized carbons (Fsp3) is 0.444. The number of aromatic amines is 1. The summed E-state index contributed by atoms with van der Waals surface area (Å²) in [6, 6.07) is 11.0. The number of likely N-dealkylation sites (tertiary alicyclic amines) is 1. The molecule has 6 nitrogen and oxygen atoms in total. The van der Waals surface area contributed by atoms with Crippen LogP contribution in [-0.2, 0) is 0 Å². The molecule has 1 aromatic carbocycles. The molecule has 1 aromatic heterocycles. The van der Waals surface area contributed by atoms with E-state index in [9.17, 15) is 5.11 Å². The standard InChI is InChI=1S/C18H22N4O2/c19-11-14-1-3-17(4-2-14)24-13-16(23)12-22-9-6-15(7-10-22)18-5-8-20-21-18/h1-5,8,15-16,23H,6-7,9-10,12-13H2,(H,20,21)/t16-/m1/s1. The fourth-order valence-electron chi connectivity index (χ4n) is 3.09. The zero-order chi connectivity index (χ0) is 16.8. The molecule has 3 rings (SSSR count). The van der Waals surface area contributed by atoms with E-state index in [0.29, 0.717) is 23.8 Å². The van der Waals surface area contributed by atoms with Crippen LogP contribution in [0.1, 0.15) is 30.0 Å². The first-order valence-corrected chi connectivity index (χ1v) is 8.27. The van der Waals surface area contributed by atoms with Gasteiger partial charge in [0.1, 0.15) is 18.5 Å². The zero-order valence-corrected chi connectivity index (χ0v) is 13.6. The Hall–Kier alpha value is -2.36. The van der Waals surface area contributed by atoms with Crippen LogP contribution in [-0.4, -0.2) is 52.5 Å². The third-order valence-corrected chi connectivity index (χ3v) is 4.44. The molecule has 2 heterocycles. The molecule has 1 aliphatic rings. The summed E-state index contributed by atoms with van der Waals surface area (Å²) < 4.78 is 5.59. The minimum atomic E-state index is -0.524. The van der Waals surface area contributed by atoms with Crippen LogP contribution in [0.4, 0.5) is 0 Å². The molecule has 0 radical (unpaired) electrons. The van der Waals surface area contributed by atoms with Crippen molar-refractivity contribution in [3.63, 3.8) is 0 Å². The molecule has 2 N–H and O–H groups in total. The summed E-state index contributed by atoms with van der Waals surface area (Å²) in [5, 5.41) is 26.0. The van der Waals surface area contributed by atoms with Crippen LogP contribution < -0.4 is 4.74 Å². The largest absolute Gasteiger partial charge is 0.491 e. The lowest BCUT2D eigenvalue weighted by Gasteiger charge is -2.32. The third kappa shape index (κ3) is 4.34. The topological polar surface area (TPSA) is 85.2 Å². The first kappa shape index (κ1) is 16.5. The molecule has 0 bridgehead atoms. The minimum absolute atomic E-state index is 0.256. The quantitative estimate of drug-likeness (QED) is 0.847. The van der Waals surface area contributed by atoms with Crippen molar-refractivity contribution in [3.8, 4) is 11.8 Å². The van der Waals surface area contributed by atoms with E-state index in [1.165, 1.54) is 5.69 Å². The van der Waals surface area contributed by atoms with Crippen molar-refractivity contribution in [3.05, 3.63) is 47.8 Å². The smallest absolute Gasteiger partial charge is 0.119 e. The van der Waals surface area contributed by atoms with Crippen LogP contribution >= 0.6 is 0 Å². The number of nitrogens with one attached hydrogen (secondary N) is 1. The van der Waals surface area contributed by atoms with Gasteiger partial charge in [-0.05, 0) is 56.3 Å². The summed E-state index contributed by atoms with van der Waals surface area (Å²) in [7, 11) is 0. The number of hydrogen-bond donors (Lipinski definition) is 2. The second-order valence-electron chi connectivity index (χ2n) is 6.19.